The largest absolute Gasteiger partial charge is 0.356 e. The van der Waals surface area contributed by atoms with E-state index in [0.29, 0.717) is 0 Å². The van der Waals surface area contributed by atoms with E-state index in [-0.39, 0.29) is 0 Å². The maximum Gasteiger partial charge on any atom is 0.148 e. The van der Waals surface area contributed by atoms with Crippen LogP contribution in [0.4, 0.5) is 0 Å². The fourth-order valence-electron chi connectivity index (χ4n) is 2.41. The summed E-state index contributed by atoms with van der Waals surface area (Å²) in [6.45, 7) is 12.0. The van der Waals surface area contributed by atoms with Gasteiger partial charge >= 0.3 is 0 Å². The van der Waals surface area contributed by atoms with Crippen molar-refractivity contribution in [3.8, 4) is 0 Å². The Morgan fingerprint density at radius 1 is 1.00 bits per heavy atom. The molecule has 1 N–H and O–H groups in total. The summed E-state index contributed by atoms with van der Waals surface area (Å²) in [6.07, 6.45) is 1.27. The van der Waals surface area contributed by atoms with Crippen molar-refractivity contribution in [1.29, 1.82) is 0 Å². The number of hydrogen-bond donors (Lipinski definition) is 1. The van der Waals surface area contributed by atoms with E-state index in [4.69, 9.17) is 0 Å². The molecule has 3 heteroatoms. The molecule has 0 saturated carbocycles. The molecule has 16 heavy (non-hydrogen) atoms. The maximum absolute atomic E-state index is 4.03. The summed E-state index contributed by atoms with van der Waals surface area (Å²) in [5.74, 6) is 0. The minimum absolute atomic E-state index is 1.20. The Balaban J connectivity index is 2.97. The molecule has 0 spiro atoms. The first-order valence-corrected chi connectivity index (χ1v) is 12.4. The third-order valence-electron chi connectivity index (χ3n) is 2.81. The second-order valence-corrected chi connectivity index (χ2v) is 15.1. The lowest BCUT2D eigenvalue weighted by atomic mass is 10.4. The second kappa shape index (κ2) is 5.30. The number of rotatable bonds is 5. The molecule has 0 fully saturated rings. The summed E-state index contributed by atoms with van der Waals surface area (Å²) in [5, 5.41) is 1.55. The lowest BCUT2D eigenvalue weighted by Gasteiger charge is -2.35. The predicted molar refractivity (Wildman–Crippen MR) is 79.3 cm³/mol. The average Bonchev–Trinajstić information content (AvgIpc) is 2.16. The van der Waals surface area contributed by atoms with E-state index in [1.807, 2.05) is 0 Å². The molecule has 0 heterocycles. The van der Waals surface area contributed by atoms with Crippen LogP contribution >= 0.6 is 0 Å². The normalized spacial score (nSPS) is 15.8. The van der Waals surface area contributed by atoms with Crippen LogP contribution in [0.3, 0.4) is 0 Å². The van der Waals surface area contributed by atoms with Crippen LogP contribution in [0, 0.1) is 0 Å². The van der Waals surface area contributed by atoms with Crippen LogP contribution in [0.15, 0.2) is 30.3 Å². The van der Waals surface area contributed by atoms with Crippen molar-refractivity contribution in [1.82, 2.24) is 4.65 Å². The van der Waals surface area contributed by atoms with Gasteiger partial charge in [0.1, 0.15) is 16.5 Å². The first-order valence-electron chi connectivity index (χ1n) is 6.22. The first kappa shape index (κ1) is 13.7. The first-order chi connectivity index (χ1) is 7.37. The Morgan fingerprint density at radius 2 is 1.56 bits per heavy atom. The van der Waals surface area contributed by atoms with Crippen molar-refractivity contribution in [3.63, 3.8) is 0 Å². The third-order valence-corrected chi connectivity index (χ3v) is 11.1. The van der Waals surface area contributed by atoms with Crippen molar-refractivity contribution in [2.45, 2.75) is 45.6 Å². The smallest absolute Gasteiger partial charge is 0.148 e. The Bertz CT molecular complexity index is 318. The van der Waals surface area contributed by atoms with Crippen molar-refractivity contribution in [2.75, 3.05) is 0 Å². The second-order valence-electron chi connectivity index (χ2n) is 5.82. The van der Waals surface area contributed by atoms with Gasteiger partial charge in [0.05, 0.1) is 0 Å². The SMILES string of the molecule is CCC[Si](C)(N[Si](C)(C)C)c1ccccc1. The fraction of sp³-hybridized carbons (Fsp3) is 0.538. The van der Waals surface area contributed by atoms with Crippen LogP contribution in [-0.4, -0.2) is 16.5 Å². The van der Waals surface area contributed by atoms with Crippen molar-refractivity contribution >= 4 is 21.7 Å². The zero-order chi connectivity index (χ0) is 12.2. The summed E-state index contributed by atoms with van der Waals surface area (Å²) < 4.78 is 4.03. The molecule has 0 aliphatic rings. The zero-order valence-electron chi connectivity index (χ0n) is 11.3. The number of benzene rings is 1. The average molecular weight is 252 g/mol. The van der Waals surface area contributed by atoms with Gasteiger partial charge in [0.15, 0.2) is 0 Å². The van der Waals surface area contributed by atoms with E-state index < -0.39 is 16.5 Å². The predicted octanol–water partition coefficient (Wildman–Crippen LogP) is 3.30. The topological polar surface area (TPSA) is 12.0 Å². The van der Waals surface area contributed by atoms with E-state index in [1.54, 1.807) is 5.19 Å². The molecule has 0 aliphatic carbocycles. The number of hydrogen-bond acceptors (Lipinski definition) is 1. The molecule has 0 saturated heterocycles. The Morgan fingerprint density at radius 3 is 2.00 bits per heavy atom. The lowest BCUT2D eigenvalue weighted by molar-refractivity contribution is 1.03. The van der Waals surface area contributed by atoms with Crippen LogP contribution in [0.25, 0.3) is 0 Å². The van der Waals surface area contributed by atoms with Gasteiger partial charge in [0, 0.05) is 0 Å². The molecule has 1 rings (SSSR count). The fourth-order valence-corrected chi connectivity index (χ4v) is 12.3. The molecule has 0 amide bonds. The van der Waals surface area contributed by atoms with E-state index >= 15 is 0 Å². The van der Waals surface area contributed by atoms with E-state index in [2.05, 4.69) is 68.1 Å². The van der Waals surface area contributed by atoms with Gasteiger partial charge in [-0.3, -0.25) is 0 Å². The van der Waals surface area contributed by atoms with Crippen molar-refractivity contribution in [2.24, 2.45) is 0 Å². The Kier molecular flexibility index (Phi) is 4.53. The molecule has 1 nitrogen and oxygen atoms in total. The van der Waals surface area contributed by atoms with Crippen LogP contribution in [0.2, 0.25) is 32.2 Å². The van der Waals surface area contributed by atoms with Gasteiger partial charge in [-0.2, -0.15) is 0 Å². The summed E-state index contributed by atoms with van der Waals surface area (Å²) in [5.41, 5.74) is 0. The summed E-state index contributed by atoms with van der Waals surface area (Å²) in [7, 11) is -2.65. The molecular formula is C13H25NSi2. The molecule has 0 bridgehead atoms. The minimum atomic E-state index is -1.45. The highest BCUT2D eigenvalue weighted by molar-refractivity contribution is 6.98. The van der Waals surface area contributed by atoms with Gasteiger partial charge in [-0.25, -0.2) is 0 Å². The van der Waals surface area contributed by atoms with E-state index in [0.717, 1.165) is 0 Å². The summed E-state index contributed by atoms with van der Waals surface area (Å²) in [4.78, 5) is 0. The van der Waals surface area contributed by atoms with E-state index in [9.17, 15) is 0 Å². The van der Waals surface area contributed by atoms with Gasteiger partial charge in [-0.1, -0.05) is 69.9 Å². The lowest BCUT2D eigenvalue weighted by Crippen LogP contribution is -2.65. The van der Waals surface area contributed by atoms with Crippen LogP contribution in [0.1, 0.15) is 13.3 Å². The standard InChI is InChI=1S/C13H25NSi2/c1-6-12-16(5,14-15(2,3)4)13-10-8-7-9-11-13/h7-11,14H,6,12H2,1-5H3. The van der Waals surface area contributed by atoms with Crippen LogP contribution in [-0.2, 0) is 0 Å². The van der Waals surface area contributed by atoms with Crippen molar-refractivity contribution in [3.05, 3.63) is 30.3 Å². The molecular weight excluding hydrogens is 226 g/mol. The van der Waals surface area contributed by atoms with Gasteiger partial charge in [-0.15, -0.1) is 0 Å². The van der Waals surface area contributed by atoms with Crippen LogP contribution in [0.5, 0.6) is 0 Å². The zero-order valence-corrected chi connectivity index (χ0v) is 13.3. The molecule has 1 aromatic carbocycles. The third kappa shape index (κ3) is 3.88. The molecule has 1 aromatic rings. The molecule has 0 radical (unpaired) electrons. The summed E-state index contributed by atoms with van der Waals surface area (Å²) in [6, 6.07) is 12.4. The molecule has 0 aromatic heterocycles. The van der Waals surface area contributed by atoms with Gasteiger partial charge in [-0.05, 0) is 11.2 Å². The Hall–Kier alpha value is -0.386. The maximum atomic E-state index is 4.03. The molecule has 1 atom stereocenters. The van der Waals surface area contributed by atoms with Gasteiger partial charge < -0.3 is 4.65 Å². The summed E-state index contributed by atoms with van der Waals surface area (Å²) >= 11 is 0. The number of nitrogens with one attached hydrogen (secondary N) is 1. The monoisotopic (exact) mass is 251 g/mol. The minimum Gasteiger partial charge on any atom is -0.356 e. The van der Waals surface area contributed by atoms with Crippen LogP contribution < -0.4 is 9.83 Å². The van der Waals surface area contributed by atoms with E-state index in [1.165, 1.54) is 12.5 Å². The highest BCUT2D eigenvalue weighted by Gasteiger charge is 2.33. The Labute approximate surface area is 102 Å². The quantitative estimate of drug-likeness (QED) is 0.792. The molecule has 1 unspecified atom stereocenters. The van der Waals surface area contributed by atoms with Crippen molar-refractivity contribution < 1.29 is 0 Å². The molecule has 90 valence electrons. The molecule has 0 aliphatic heterocycles. The highest BCUT2D eigenvalue weighted by atomic mass is 28.4. The highest BCUT2D eigenvalue weighted by Crippen LogP contribution is 2.13. The van der Waals surface area contributed by atoms with Gasteiger partial charge in [0.2, 0.25) is 0 Å². The van der Waals surface area contributed by atoms with Gasteiger partial charge in [0.25, 0.3) is 0 Å².